The van der Waals surface area contributed by atoms with E-state index in [1.165, 1.54) is 0 Å². The molecule has 23 heavy (non-hydrogen) atoms. The topological polar surface area (TPSA) is 81.7 Å². The molecular weight excluding hydrogens is 294 g/mol. The Morgan fingerprint density at radius 3 is 2.91 bits per heavy atom. The zero-order valence-corrected chi connectivity index (χ0v) is 12.9. The first-order valence-corrected chi connectivity index (χ1v) is 7.73. The van der Waals surface area contributed by atoms with Crippen LogP contribution in [0.4, 0.5) is 0 Å². The molecule has 0 aliphatic carbocycles. The maximum absolute atomic E-state index is 12.6. The number of carbonyl (C=O) groups excluding carboxylic acids is 1. The lowest BCUT2D eigenvalue weighted by Crippen LogP contribution is -2.40. The third-order valence-corrected chi connectivity index (χ3v) is 4.20. The molecule has 118 valence electrons. The number of hydrogen-bond acceptors (Lipinski definition) is 5. The van der Waals surface area contributed by atoms with E-state index in [2.05, 4.69) is 32.0 Å². The van der Waals surface area contributed by atoms with E-state index in [9.17, 15) is 4.79 Å². The molecule has 8 heteroatoms. The molecule has 1 amide bonds. The fraction of sp³-hybridized carbons (Fsp3) is 0.400. The molecule has 4 rings (SSSR count). The van der Waals surface area contributed by atoms with Crippen LogP contribution in [0.3, 0.4) is 0 Å². The average Bonchev–Trinajstić information content (AvgIpc) is 3.18. The molecule has 8 nitrogen and oxygen atoms in total. The number of aryl methyl sites for hydroxylation is 1. The van der Waals surface area contributed by atoms with Gasteiger partial charge in [-0.15, -0.1) is 15.3 Å². The van der Waals surface area contributed by atoms with Gasteiger partial charge in [0, 0.05) is 19.5 Å². The van der Waals surface area contributed by atoms with Crippen LogP contribution in [0.25, 0.3) is 11.0 Å². The molecule has 0 atom stereocenters. The predicted octanol–water partition coefficient (Wildman–Crippen LogP) is 0.628. The van der Waals surface area contributed by atoms with Gasteiger partial charge >= 0.3 is 0 Å². The van der Waals surface area contributed by atoms with Crippen molar-refractivity contribution in [1.29, 1.82) is 0 Å². The number of fused-ring (bicyclic) bond motifs is 2. The van der Waals surface area contributed by atoms with Crippen LogP contribution < -0.4 is 0 Å². The minimum absolute atomic E-state index is 0.0213. The Hall–Kier alpha value is -2.77. The smallest absolute Gasteiger partial charge is 0.244 e. The second kappa shape index (κ2) is 5.45. The largest absolute Gasteiger partial charge is 0.332 e. The van der Waals surface area contributed by atoms with E-state index in [1.54, 1.807) is 9.58 Å². The van der Waals surface area contributed by atoms with Crippen LogP contribution in [-0.2, 0) is 30.8 Å². The minimum Gasteiger partial charge on any atom is -0.332 e. The van der Waals surface area contributed by atoms with Gasteiger partial charge in [0.15, 0.2) is 5.82 Å². The highest BCUT2D eigenvalue weighted by Crippen LogP contribution is 2.15. The van der Waals surface area contributed by atoms with Gasteiger partial charge in [-0.3, -0.25) is 4.79 Å². The lowest BCUT2D eigenvalue weighted by molar-refractivity contribution is -0.133. The van der Waals surface area contributed by atoms with Crippen molar-refractivity contribution in [1.82, 2.24) is 34.7 Å². The molecule has 0 spiro atoms. The van der Waals surface area contributed by atoms with Gasteiger partial charge in [0.1, 0.15) is 17.9 Å². The Morgan fingerprint density at radius 2 is 2.04 bits per heavy atom. The van der Waals surface area contributed by atoms with Crippen LogP contribution >= 0.6 is 0 Å². The van der Waals surface area contributed by atoms with E-state index >= 15 is 0 Å². The Morgan fingerprint density at radius 1 is 1.17 bits per heavy atom. The van der Waals surface area contributed by atoms with Crippen LogP contribution in [0.5, 0.6) is 0 Å². The van der Waals surface area contributed by atoms with Crippen LogP contribution in [-0.4, -0.2) is 47.1 Å². The van der Waals surface area contributed by atoms with Crippen LogP contribution in [0.15, 0.2) is 24.3 Å². The van der Waals surface area contributed by atoms with E-state index in [4.69, 9.17) is 0 Å². The maximum Gasteiger partial charge on any atom is 0.244 e. The Balaban J connectivity index is 1.52. The molecule has 1 aromatic carbocycles. The minimum atomic E-state index is 0.0213. The first kappa shape index (κ1) is 13.9. The Bertz CT molecular complexity index is 866. The van der Waals surface area contributed by atoms with E-state index in [1.807, 2.05) is 24.3 Å². The van der Waals surface area contributed by atoms with Crippen molar-refractivity contribution >= 4 is 16.9 Å². The van der Waals surface area contributed by atoms with Crippen LogP contribution in [0.2, 0.25) is 0 Å². The molecule has 0 bridgehead atoms. The number of aromatic nitrogens is 6. The van der Waals surface area contributed by atoms with Gasteiger partial charge in [0.05, 0.1) is 12.1 Å². The Kier molecular flexibility index (Phi) is 3.29. The van der Waals surface area contributed by atoms with E-state index in [-0.39, 0.29) is 12.5 Å². The zero-order valence-electron chi connectivity index (χ0n) is 12.9. The van der Waals surface area contributed by atoms with Gasteiger partial charge in [-0.1, -0.05) is 24.3 Å². The van der Waals surface area contributed by atoms with Crippen molar-refractivity contribution in [2.45, 2.75) is 33.0 Å². The number of hydrogen-bond donors (Lipinski definition) is 0. The van der Waals surface area contributed by atoms with Crippen LogP contribution in [0, 0.1) is 0 Å². The average molecular weight is 311 g/mol. The Labute approximate surface area is 132 Å². The second-order valence-corrected chi connectivity index (χ2v) is 5.59. The first-order chi connectivity index (χ1) is 11.3. The number of benzene rings is 1. The molecule has 0 fully saturated rings. The summed E-state index contributed by atoms with van der Waals surface area (Å²) in [6, 6.07) is 7.64. The summed E-state index contributed by atoms with van der Waals surface area (Å²) in [5, 5.41) is 16.5. The molecular formula is C15H17N7O. The first-order valence-electron chi connectivity index (χ1n) is 7.73. The third-order valence-electron chi connectivity index (χ3n) is 4.20. The summed E-state index contributed by atoms with van der Waals surface area (Å²) < 4.78 is 3.75. The monoisotopic (exact) mass is 311 g/mol. The van der Waals surface area contributed by atoms with Crippen molar-refractivity contribution in [2.75, 3.05) is 6.54 Å². The third kappa shape index (κ3) is 2.36. The number of amides is 1. The zero-order chi connectivity index (χ0) is 15.8. The molecule has 0 saturated heterocycles. The lowest BCUT2D eigenvalue weighted by Gasteiger charge is -2.27. The molecule has 1 aliphatic rings. The highest BCUT2D eigenvalue weighted by molar-refractivity contribution is 5.79. The van der Waals surface area contributed by atoms with Crippen molar-refractivity contribution in [3.8, 4) is 0 Å². The molecule has 0 radical (unpaired) electrons. The van der Waals surface area contributed by atoms with Gasteiger partial charge in [0.2, 0.25) is 5.91 Å². The maximum atomic E-state index is 12.6. The molecule has 2 aromatic heterocycles. The summed E-state index contributed by atoms with van der Waals surface area (Å²) in [7, 11) is 0. The van der Waals surface area contributed by atoms with Crippen molar-refractivity contribution in [2.24, 2.45) is 0 Å². The molecule has 1 aliphatic heterocycles. The molecule has 0 saturated carbocycles. The SMILES string of the molecule is CCc1nnc2n1CCN(C(=O)Cn1nnc3ccccc31)C2. The highest BCUT2D eigenvalue weighted by Gasteiger charge is 2.24. The van der Waals surface area contributed by atoms with E-state index in [0.717, 1.165) is 35.6 Å². The standard InChI is InChI=1S/C15H17N7O/c1-2-13-17-18-14-9-20(7-8-21(13)14)15(23)10-22-12-6-4-3-5-11(12)16-19-22/h3-6H,2,7-10H2,1H3. The molecule has 3 heterocycles. The summed E-state index contributed by atoms with van der Waals surface area (Å²) in [6.07, 6.45) is 0.853. The summed E-state index contributed by atoms with van der Waals surface area (Å²) in [5.41, 5.74) is 1.67. The van der Waals surface area contributed by atoms with Gasteiger partial charge < -0.3 is 9.47 Å². The summed E-state index contributed by atoms with van der Waals surface area (Å²) >= 11 is 0. The quantitative estimate of drug-likeness (QED) is 0.708. The lowest BCUT2D eigenvalue weighted by atomic mass is 10.3. The fourth-order valence-electron chi connectivity index (χ4n) is 2.95. The predicted molar refractivity (Wildman–Crippen MR) is 82.3 cm³/mol. The molecule has 3 aromatic rings. The summed E-state index contributed by atoms with van der Waals surface area (Å²) in [6.45, 7) is 4.16. The number of para-hydroxylation sites is 1. The van der Waals surface area contributed by atoms with Gasteiger partial charge in [-0.05, 0) is 12.1 Å². The molecule has 0 N–H and O–H groups in total. The molecule has 0 unspecified atom stereocenters. The van der Waals surface area contributed by atoms with Gasteiger partial charge in [-0.2, -0.15) is 0 Å². The van der Waals surface area contributed by atoms with E-state index in [0.29, 0.717) is 13.1 Å². The number of carbonyl (C=O) groups is 1. The van der Waals surface area contributed by atoms with Crippen molar-refractivity contribution in [3.63, 3.8) is 0 Å². The number of rotatable bonds is 3. The summed E-state index contributed by atoms with van der Waals surface area (Å²) in [4.78, 5) is 14.4. The highest BCUT2D eigenvalue weighted by atomic mass is 16.2. The van der Waals surface area contributed by atoms with Crippen LogP contribution in [0.1, 0.15) is 18.6 Å². The van der Waals surface area contributed by atoms with Crippen molar-refractivity contribution < 1.29 is 4.79 Å². The second-order valence-electron chi connectivity index (χ2n) is 5.59. The summed E-state index contributed by atoms with van der Waals surface area (Å²) in [5.74, 6) is 1.85. The normalized spacial score (nSPS) is 14.2. The van der Waals surface area contributed by atoms with Crippen molar-refractivity contribution in [3.05, 3.63) is 35.9 Å². The van der Waals surface area contributed by atoms with E-state index < -0.39 is 0 Å². The van der Waals surface area contributed by atoms with Gasteiger partial charge in [0.25, 0.3) is 0 Å². The fourth-order valence-corrected chi connectivity index (χ4v) is 2.95. The van der Waals surface area contributed by atoms with Gasteiger partial charge in [-0.25, -0.2) is 4.68 Å². The number of nitrogens with zero attached hydrogens (tertiary/aromatic N) is 7.